The molecule has 0 aliphatic rings. The molecule has 88 valence electrons. The number of rotatable bonds is 4. The maximum atomic E-state index is 10.6. The fourth-order valence-electron chi connectivity index (χ4n) is 1.42. The molecule has 0 aliphatic carbocycles. The van der Waals surface area contributed by atoms with Crippen molar-refractivity contribution in [3.05, 3.63) is 41.8 Å². The summed E-state index contributed by atoms with van der Waals surface area (Å²) in [6, 6.07) is 7.94. The first kappa shape index (κ1) is 11.2. The molecule has 0 unspecified atom stereocenters. The summed E-state index contributed by atoms with van der Waals surface area (Å²) < 4.78 is 5.00. The zero-order chi connectivity index (χ0) is 12.3. The number of anilines is 2. The van der Waals surface area contributed by atoms with Gasteiger partial charge in [0.15, 0.2) is 5.69 Å². The second kappa shape index (κ2) is 4.69. The van der Waals surface area contributed by atoms with Crippen molar-refractivity contribution in [3.8, 4) is 0 Å². The molecule has 2 N–H and O–H groups in total. The maximum absolute atomic E-state index is 10.6. The summed E-state index contributed by atoms with van der Waals surface area (Å²) in [6.07, 6.45) is 2.04. The third kappa shape index (κ3) is 2.63. The number of nitrogens with one attached hydrogen (secondary N) is 1. The van der Waals surface area contributed by atoms with Gasteiger partial charge in [-0.1, -0.05) is 19.1 Å². The number of oxazole rings is 1. The van der Waals surface area contributed by atoms with Crippen LogP contribution in [-0.2, 0) is 6.42 Å². The predicted molar refractivity (Wildman–Crippen MR) is 62.6 cm³/mol. The number of hydrogen-bond donors (Lipinski definition) is 2. The minimum Gasteiger partial charge on any atom is -0.476 e. The fraction of sp³-hybridized carbons (Fsp3) is 0.167. The van der Waals surface area contributed by atoms with Gasteiger partial charge in [-0.25, -0.2) is 4.79 Å². The van der Waals surface area contributed by atoms with Crippen molar-refractivity contribution in [2.24, 2.45) is 0 Å². The van der Waals surface area contributed by atoms with Crippen LogP contribution in [0.3, 0.4) is 0 Å². The van der Waals surface area contributed by atoms with Gasteiger partial charge in [-0.2, -0.15) is 4.98 Å². The summed E-state index contributed by atoms with van der Waals surface area (Å²) in [5, 5.41) is 11.6. The van der Waals surface area contributed by atoms with E-state index in [1.807, 2.05) is 24.3 Å². The van der Waals surface area contributed by atoms with Crippen LogP contribution >= 0.6 is 0 Å². The summed E-state index contributed by atoms with van der Waals surface area (Å²) in [6.45, 7) is 2.06. The minimum absolute atomic E-state index is 0.112. The average Bonchev–Trinajstić information content (AvgIpc) is 2.78. The number of aromatic nitrogens is 1. The summed E-state index contributed by atoms with van der Waals surface area (Å²) in [5.74, 6) is -1.11. The van der Waals surface area contributed by atoms with E-state index >= 15 is 0 Å². The smallest absolute Gasteiger partial charge is 0.357 e. The van der Waals surface area contributed by atoms with Gasteiger partial charge in [0.05, 0.1) is 0 Å². The normalized spacial score (nSPS) is 10.2. The van der Waals surface area contributed by atoms with E-state index in [0.717, 1.165) is 18.4 Å². The van der Waals surface area contributed by atoms with Crippen molar-refractivity contribution in [2.45, 2.75) is 13.3 Å². The van der Waals surface area contributed by atoms with E-state index in [9.17, 15) is 4.79 Å². The second-order valence-electron chi connectivity index (χ2n) is 3.52. The molecule has 17 heavy (non-hydrogen) atoms. The second-order valence-corrected chi connectivity index (χ2v) is 3.52. The zero-order valence-corrected chi connectivity index (χ0v) is 9.30. The van der Waals surface area contributed by atoms with Crippen molar-refractivity contribution in [3.63, 3.8) is 0 Å². The van der Waals surface area contributed by atoms with Gasteiger partial charge >= 0.3 is 5.97 Å². The lowest BCUT2D eigenvalue weighted by molar-refractivity contribution is 0.0690. The Hall–Kier alpha value is -2.30. The average molecular weight is 232 g/mol. The fourth-order valence-corrected chi connectivity index (χ4v) is 1.42. The highest BCUT2D eigenvalue weighted by molar-refractivity contribution is 5.85. The molecule has 5 heteroatoms. The molecule has 1 heterocycles. The topological polar surface area (TPSA) is 75.4 Å². The van der Waals surface area contributed by atoms with E-state index in [1.54, 1.807) is 0 Å². The summed E-state index contributed by atoms with van der Waals surface area (Å²) >= 11 is 0. The third-order valence-corrected chi connectivity index (χ3v) is 2.31. The highest BCUT2D eigenvalue weighted by Gasteiger charge is 2.10. The van der Waals surface area contributed by atoms with Crippen LogP contribution in [0.4, 0.5) is 11.7 Å². The Bertz CT molecular complexity index is 534. The number of nitrogens with zero attached hydrogens (tertiary/aromatic N) is 1. The standard InChI is InChI=1S/C12H12N2O3/c1-2-8-4-3-5-9(6-8)13-12-14-10(7-17-12)11(15)16/h3-7H,2H2,1H3,(H,13,14)(H,15,16). The number of carboxylic acid groups (broad SMARTS) is 1. The highest BCUT2D eigenvalue weighted by atomic mass is 16.4. The predicted octanol–water partition coefficient (Wildman–Crippen LogP) is 2.68. The molecular weight excluding hydrogens is 220 g/mol. The van der Waals surface area contributed by atoms with Gasteiger partial charge in [0.1, 0.15) is 6.26 Å². The molecule has 0 amide bonds. The Morgan fingerprint density at radius 2 is 2.35 bits per heavy atom. The van der Waals surface area contributed by atoms with E-state index < -0.39 is 5.97 Å². The molecule has 0 aliphatic heterocycles. The van der Waals surface area contributed by atoms with Crippen molar-refractivity contribution in [1.29, 1.82) is 0 Å². The molecule has 1 aromatic carbocycles. The molecular formula is C12H12N2O3. The number of carbonyl (C=O) groups is 1. The largest absolute Gasteiger partial charge is 0.476 e. The van der Waals surface area contributed by atoms with Crippen LogP contribution in [0.2, 0.25) is 0 Å². The molecule has 0 radical (unpaired) electrons. The lowest BCUT2D eigenvalue weighted by Crippen LogP contribution is -1.97. The van der Waals surface area contributed by atoms with Crippen LogP contribution in [0.25, 0.3) is 0 Å². The number of benzene rings is 1. The van der Waals surface area contributed by atoms with Crippen molar-refractivity contribution in [1.82, 2.24) is 4.98 Å². The Morgan fingerprint density at radius 3 is 3.00 bits per heavy atom. The van der Waals surface area contributed by atoms with E-state index in [4.69, 9.17) is 9.52 Å². The number of carboxylic acids is 1. The molecule has 0 saturated carbocycles. The van der Waals surface area contributed by atoms with Crippen LogP contribution in [0.1, 0.15) is 23.0 Å². The van der Waals surface area contributed by atoms with Gasteiger partial charge in [0.2, 0.25) is 0 Å². The first-order valence-corrected chi connectivity index (χ1v) is 5.24. The molecule has 0 bridgehead atoms. The minimum atomic E-state index is -1.11. The zero-order valence-electron chi connectivity index (χ0n) is 9.30. The highest BCUT2D eigenvalue weighted by Crippen LogP contribution is 2.17. The SMILES string of the molecule is CCc1cccc(Nc2nc(C(=O)O)co2)c1. The number of aromatic carboxylic acids is 1. The van der Waals surface area contributed by atoms with Crippen LogP contribution < -0.4 is 5.32 Å². The molecule has 0 spiro atoms. The van der Waals surface area contributed by atoms with Crippen LogP contribution in [-0.4, -0.2) is 16.1 Å². The number of aryl methyl sites for hydroxylation is 1. The van der Waals surface area contributed by atoms with Gasteiger partial charge in [-0.3, -0.25) is 0 Å². The van der Waals surface area contributed by atoms with Crippen molar-refractivity contribution in [2.75, 3.05) is 5.32 Å². The summed E-state index contributed by atoms with van der Waals surface area (Å²) in [7, 11) is 0. The van der Waals surface area contributed by atoms with E-state index in [-0.39, 0.29) is 11.7 Å². The van der Waals surface area contributed by atoms with Gasteiger partial charge in [-0.05, 0) is 24.1 Å². The quantitative estimate of drug-likeness (QED) is 0.847. The van der Waals surface area contributed by atoms with Crippen molar-refractivity contribution < 1.29 is 14.3 Å². The van der Waals surface area contributed by atoms with Crippen LogP contribution in [0.15, 0.2) is 34.9 Å². The molecule has 2 rings (SSSR count). The summed E-state index contributed by atoms with van der Waals surface area (Å²) in [4.78, 5) is 14.4. The van der Waals surface area contributed by atoms with Gasteiger partial charge in [0, 0.05) is 5.69 Å². The van der Waals surface area contributed by atoms with E-state index in [2.05, 4.69) is 17.2 Å². The Balaban J connectivity index is 2.16. The van der Waals surface area contributed by atoms with Gasteiger partial charge in [-0.15, -0.1) is 0 Å². The first-order valence-electron chi connectivity index (χ1n) is 5.24. The molecule has 5 nitrogen and oxygen atoms in total. The Labute approximate surface area is 98.1 Å². The Kier molecular flexibility index (Phi) is 3.09. The molecule has 0 saturated heterocycles. The van der Waals surface area contributed by atoms with E-state index in [0.29, 0.717) is 0 Å². The Morgan fingerprint density at radius 1 is 1.53 bits per heavy atom. The number of hydrogen-bond acceptors (Lipinski definition) is 4. The first-order chi connectivity index (χ1) is 8.19. The summed E-state index contributed by atoms with van der Waals surface area (Å²) in [5.41, 5.74) is 1.89. The molecule has 0 atom stereocenters. The molecule has 2 aromatic rings. The lowest BCUT2D eigenvalue weighted by Gasteiger charge is -2.03. The molecule has 0 fully saturated rings. The van der Waals surface area contributed by atoms with Gasteiger partial charge in [0.25, 0.3) is 6.01 Å². The van der Waals surface area contributed by atoms with Crippen LogP contribution in [0, 0.1) is 0 Å². The lowest BCUT2D eigenvalue weighted by atomic mass is 10.1. The molecule has 1 aromatic heterocycles. The van der Waals surface area contributed by atoms with Crippen molar-refractivity contribution >= 4 is 17.7 Å². The van der Waals surface area contributed by atoms with Gasteiger partial charge < -0.3 is 14.8 Å². The monoisotopic (exact) mass is 232 g/mol. The third-order valence-electron chi connectivity index (χ3n) is 2.31. The maximum Gasteiger partial charge on any atom is 0.357 e. The van der Waals surface area contributed by atoms with E-state index in [1.165, 1.54) is 5.56 Å². The van der Waals surface area contributed by atoms with Crippen LogP contribution in [0.5, 0.6) is 0 Å².